The van der Waals surface area contributed by atoms with Crippen molar-refractivity contribution in [3.63, 3.8) is 0 Å². The van der Waals surface area contributed by atoms with E-state index in [9.17, 15) is 4.79 Å². The maximum atomic E-state index is 13.4. The number of nitrogens with two attached hydrogens (primary N) is 2. The van der Waals surface area contributed by atoms with Gasteiger partial charge in [-0.15, -0.1) is 5.10 Å². The van der Waals surface area contributed by atoms with Gasteiger partial charge in [-0.05, 0) is 98.7 Å². The molecular formula is C25H44N4O. The molecule has 4 aliphatic carbocycles. The van der Waals surface area contributed by atoms with Gasteiger partial charge in [0.05, 0.1) is 0 Å². The van der Waals surface area contributed by atoms with Crippen molar-refractivity contribution in [3.05, 3.63) is 0 Å². The molecule has 0 saturated heterocycles. The zero-order valence-corrected chi connectivity index (χ0v) is 19.6. The number of amidine groups is 1. The van der Waals surface area contributed by atoms with Crippen LogP contribution in [0, 0.1) is 52.8 Å². The summed E-state index contributed by atoms with van der Waals surface area (Å²) in [6.45, 7) is 9.12. The fourth-order valence-electron chi connectivity index (χ4n) is 8.80. The molecule has 4 rings (SSSR count). The van der Waals surface area contributed by atoms with Gasteiger partial charge >= 0.3 is 0 Å². The minimum atomic E-state index is 0.122. The molecule has 5 nitrogen and oxygen atoms in total. The number of Topliss-reactive ketones (excluding diaryl/α,β-unsaturated/α-hetero) is 1. The van der Waals surface area contributed by atoms with Gasteiger partial charge in [-0.25, -0.2) is 11.0 Å². The molecule has 0 amide bonds. The molecule has 9 unspecified atom stereocenters. The first-order valence-corrected chi connectivity index (χ1v) is 12.6. The summed E-state index contributed by atoms with van der Waals surface area (Å²) >= 11 is 0. The maximum Gasteiger partial charge on any atom is 0.159 e. The minimum Gasteiger partial charge on any atom is -0.386 e. The van der Waals surface area contributed by atoms with Crippen molar-refractivity contribution in [3.8, 4) is 0 Å². The van der Waals surface area contributed by atoms with Gasteiger partial charge in [0.2, 0.25) is 0 Å². The Morgan fingerprint density at radius 2 is 1.83 bits per heavy atom. The Labute approximate surface area is 183 Å². The lowest BCUT2D eigenvalue weighted by molar-refractivity contribution is -0.132. The van der Waals surface area contributed by atoms with Crippen LogP contribution in [0.4, 0.5) is 0 Å². The lowest BCUT2D eigenvalue weighted by Gasteiger charge is -2.57. The number of hydrazine groups is 1. The second-order valence-electron chi connectivity index (χ2n) is 11.6. The summed E-state index contributed by atoms with van der Waals surface area (Å²) in [5.74, 6) is 12.7. The van der Waals surface area contributed by atoms with Crippen LogP contribution in [0.5, 0.6) is 0 Å². The molecule has 4 N–H and O–H groups in total. The number of fused-ring (bicyclic) bond motifs is 5. The fraction of sp³-hybridized carbons (Fsp3) is 0.920. The van der Waals surface area contributed by atoms with Crippen LogP contribution in [0.25, 0.3) is 0 Å². The number of carbonyl (C=O) groups excluding carboxylic acids is 1. The van der Waals surface area contributed by atoms with E-state index in [4.69, 9.17) is 11.6 Å². The number of nitrogens with zero attached hydrogens (tertiary/aromatic N) is 2. The molecule has 4 fully saturated rings. The van der Waals surface area contributed by atoms with E-state index >= 15 is 0 Å². The van der Waals surface area contributed by atoms with Crippen LogP contribution in [0.15, 0.2) is 5.10 Å². The highest BCUT2D eigenvalue weighted by atomic mass is 16.1. The second kappa shape index (κ2) is 8.44. The molecule has 5 heteroatoms. The monoisotopic (exact) mass is 416 g/mol. The molecule has 0 radical (unpaired) electrons. The Bertz CT molecular complexity index is 674. The number of hydrogen-bond acceptors (Lipinski definition) is 4. The summed E-state index contributed by atoms with van der Waals surface area (Å²) in [5.41, 5.74) is 5.79. The average molecular weight is 417 g/mol. The van der Waals surface area contributed by atoms with E-state index in [1.807, 2.05) is 0 Å². The Kier molecular flexibility index (Phi) is 6.22. The molecule has 0 heterocycles. The number of ketones is 1. The zero-order chi connectivity index (χ0) is 21.6. The highest BCUT2D eigenvalue weighted by molar-refractivity contribution is 5.84. The Morgan fingerprint density at radius 1 is 1.10 bits per heavy atom. The Hall–Kier alpha value is -1.10. The molecular weight excluding hydrogens is 372 g/mol. The summed E-state index contributed by atoms with van der Waals surface area (Å²) in [4.78, 5) is 13.4. The van der Waals surface area contributed by atoms with Crippen molar-refractivity contribution in [2.45, 2.75) is 85.5 Å². The van der Waals surface area contributed by atoms with E-state index in [1.165, 1.54) is 56.5 Å². The van der Waals surface area contributed by atoms with E-state index in [1.54, 1.807) is 6.92 Å². The number of carbonyl (C=O) groups is 1. The van der Waals surface area contributed by atoms with Crippen LogP contribution < -0.4 is 11.6 Å². The maximum absolute atomic E-state index is 13.4. The predicted molar refractivity (Wildman–Crippen MR) is 122 cm³/mol. The molecule has 0 bridgehead atoms. The van der Waals surface area contributed by atoms with Crippen LogP contribution in [-0.2, 0) is 4.79 Å². The molecule has 30 heavy (non-hydrogen) atoms. The zero-order valence-electron chi connectivity index (χ0n) is 19.6. The van der Waals surface area contributed by atoms with Crippen LogP contribution in [-0.4, -0.2) is 23.3 Å². The van der Waals surface area contributed by atoms with Gasteiger partial charge in [0.15, 0.2) is 5.78 Å². The van der Waals surface area contributed by atoms with Crippen molar-refractivity contribution >= 4 is 11.6 Å². The minimum absolute atomic E-state index is 0.122. The average Bonchev–Trinajstić information content (AvgIpc) is 2.99. The molecule has 0 aromatic rings. The highest BCUT2D eigenvalue weighted by Gasteiger charge is 2.61. The van der Waals surface area contributed by atoms with Crippen molar-refractivity contribution in [1.29, 1.82) is 0 Å². The summed E-state index contributed by atoms with van der Waals surface area (Å²) in [7, 11) is 0. The molecule has 0 aliphatic heterocycles. The summed E-state index contributed by atoms with van der Waals surface area (Å²) in [6.07, 6.45) is 12.0. The van der Waals surface area contributed by atoms with E-state index in [-0.39, 0.29) is 23.7 Å². The Morgan fingerprint density at radius 3 is 2.53 bits per heavy atom. The molecule has 0 spiro atoms. The van der Waals surface area contributed by atoms with E-state index in [0.717, 1.165) is 36.0 Å². The highest BCUT2D eigenvalue weighted by Crippen LogP contribution is 2.66. The van der Waals surface area contributed by atoms with Crippen molar-refractivity contribution in [2.24, 2.45) is 69.4 Å². The van der Waals surface area contributed by atoms with Gasteiger partial charge in [-0.3, -0.25) is 4.79 Å². The van der Waals surface area contributed by atoms with Crippen LogP contribution in [0.1, 0.15) is 85.5 Å². The molecule has 4 aliphatic rings. The molecule has 9 atom stereocenters. The van der Waals surface area contributed by atoms with Gasteiger partial charge in [0.1, 0.15) is 12.4 Å². The quantitative estimate of drug-likeness (QED) is 0.298. The number of hydrogen-bond donors (Lipinski definition) is 2. The van der Waals surface area contributed by atoms with Crippen LogP contribution in [0.2, 0.25) is 0 Å². The van der Waals surface area contributed by atoms with Gasteiger partial charge in [-0.1, -0.05) is 33.6 Å². The third-order valence-corrected chi connectivity index (χ3v) is 9.87. The second-order valence-corrected chi connectivity index (χ2v) is 11.6. The van der Waals surface area contributed by atoms with Crippen molar-refractivity contribution < 1.29 is 4.79 Å². The third-order valence-electron chi connectivity index (χ3n) is 9.87. The van der Waals surface area contributed by atoms with Gasteiger partial charge in [0, 0.05) is 5.92 Å². The van der Waals surface area contributed by atoms with E-state index < -0.39 is 0 Å². The lowest BCUT2D eigenvalue weighted by atomic mass is 9.48. The summed E-state index contributed by atoms with van der Waals surface area (Å²) < 4.78 is 0. The number of hydrazone groups is 1. The van der Waals surface area contributed by atoms with Crippen LogP contribution >= 0.6 is 0 Å². The standard InChI is InChI=1S/C25H44N4O/c1-5-17-13-22(23(30)14-29(27)28-16(3)26)25(4)11-10-20-19-8-6-15(2)12-18(19)7-9-21(20)24(17)25/h15,17-22,24H,5-14,27H2,1-4H3,(H2,26,28). The van der Waals surface area contributed by atoms with E-state index in [0.29, 0.717) is 17.7 Å². The first-order chi connectivity index (χ1) is 14.2. The molecule has 4 saturated carbocycles. The SMILES string of the molecule is CCC1CC(C(=O)CN(N)/N=C(/C)N)C2(C)CCC3C4CCC(C)CC4CCC3C12. The largest absolute Gasteiger partial charge is 0.386 e. The smallest absolute Gasteiger partial charge is 0.159 e. The molecule has 0 aromatic carbocycles. The topological polar surface area (TPSA) is 84.7 Å². The predicted octanol–water partition coefficient (Wildman–Crippen LogP) is 4.56. The van der Waals surface area contributed by atoms with E-state index in [2.05, 4.69) is 25.9 Å². The van der Waals surface area contributed by atoms with Gasteiger partial charge in [0.25, 0.3) is 0 Å². The molecule has 170 valence electrons. The Balaban J connectivity index is 1.54. The summed E-state index contributed by atoms with van der Waals surface area (Å²) in [5, 5.41) is 5.30. The lowest BCUT2D eigenvalue weighted by Crippen LogP contribution is -2.51. The normalized spacial score (nSPS) is 46.0. The third kappa shape index (κ3) is 3.80. The number of rotatable bonds is 5. The van der Waals surface area contributed by atoms with Crippen molar-refractivity contribution in [1.82, 2.24) is 5.12 Å². The van der Waals surface area contributed by atoms with Crippen LogP contribution in [0.3, 0.4) is 0 Å². The van der Waals surface area contributed by atoms with Gasteiger partial charge < -0.3 is 5.73 Å². The van der Waals surface area contributed by atoms with Gasteiger partial charge in [-0.2, -0.15) is 0 Å². The first kappa shape index (κ1) is 22.1. The fourth-order valence-corrected chi connectivity index (χ4v) is 8.80. The molecule has 0 aromatic heterocycles. The van der Waals surface area contributed by atoms with Crippen molar-refractivity contribution in [2.75, 3.05) is 6.54 Å². The summed E-state index contributed by atoms with van der Waals surface area (Å²) in [6, 6.07) is 0. The first-order valence-electron chi connectivity index (χ1n) is 12.6.